The van der Waals surface area contributed by atoms with Crippen LogP contribution < -0.4 is 0 Å². The van der Waals surface area contributed by atoms with Crippen molar-refractivity contribution in [1.82, 2.24) is 4.90 Å². The Morgan fingerprint density at radius 2 is 1.71 bits per heavy atom. The van der Waals surface area contributed by atoms with Gasteiger partial charge in [0.25, 0.3) is 0 Å². The first-order chi connectivity index (χ1) is 8.18. The van der Waals surface area contributed by atoms with Gasteiger partial charge in [-0.15, -0.1) is 0 Å². The maximum absolute atomic E-state index is 12.4. The number of piperidine rings is 1. The first-order valence-corrected chi connectivity index (χ1v) is 6.98. The standard InChI is InChI=1S/C14H23NO2/c1-11(16)10-13-8-4-5-9-15(13)14(17)12-6-2-3-7-12/h12-13H,2-10H2,1H3. The van der Waals surface area contributed by atoms with Gasteiger partial charge in [-0.1, -0.05) is 12.8 Å². The van der Waals surface area contributed by atoms with E-state index in [1.54, 1.807) is 6.92 Å². The van der Waals surface area contributed by atoms with Gasteiger partial charge in [0.05, 0.1) is 0 Å². The summed E-state index contributed by atoms with van der Waals surface area (Å²) in [5.41, 5.74) is 0. The molecule has 1 amide bonds. The normalized spacial score (nSPS) is 26.2. The van der Waals surface area contributed by atoms with Crippen LogP contribution in [-0.4, -0.2) is 29.2 Å². The van der Waals surface area contributed by atoms with Crippen LogP contribution >= 0.6 is 0 Å². The number of carbonyl (C=O) groups is 2. The van der Waals surface area contributed by atoms with E-state index >= 15 is 0 Å². The minimum absolute atomic E-state index is 0.189. The Morgan fingerprint density at radius 1 is 1.06 bits per heavy atom. The summed E-state index contributed by atoms with van der Waals surface area (Å²) in [7, 11) is 0. The molecule has 2 fully saturated rings. The zero-order valence-electron chi connectivity index (χ0n) is 10.8. The molecule has 17 heavy (non-hydrogen) atoms. The summed E-state index contributed by atoms with van der Waals surface area (Å²) in [6.45, 7) is 2.50. The highest BCUT2D eigenvalue weighted by Crippen LogP contribution is 2.30. The van der Waals surface area contributed by atoms with E-state index < -0.39 is 0 Å². The van der Waals surface area contributed by atoms with E-state index in [0.29, 0.717) is 12.3 Å². The van der Waals surface area contributed by atoms with E-state index in [4.69, 9.17) is 0 Å². The van der Waals surface area contributed by atoms with E-state index in [1.165, 1.54) is 12.8 Å². The molecule has 0 N–H and O–H groups in total. The number of carbonyl (C=O) groups excluding carboxylic acids is 2. The Kier molecular flexibility index (Phi) is 4.19. The summed E-state index contributed by atoms with van der Waals surface area (Å²) in [5.74, 6) is 0.789. The van der Waals surface area contributed by atoms with Crippen LogP contribution in [0.2, 0.25) is 0 Å². The zero-order chi connectivity index (χ0) is 12.3. The Morgan fingerprint density at radius 3 is 2.35 bits per heavy atom. The molecule has 1 aliphatic heterocycles. The molecule has 1 heterocycles. The zero-order valence-corrected chi connectivity index (χ0v) is 10.8. The molecule has 3 nitrogen and oxygen atoms in total. The Bertz CT molecular complexity index is 295. The summed E-state index contributed by atoms with van der Waals surface area (Å²) in [6, 6.07) is 0.189. The molecule has 1 aliphatic carbocycles. The van der Waals surface area contributed by atoms with Gasteiger partial charge in [-0.2, -0.15) is 0 Å². The number of Topliss-reactive ketones (excluding diaryl/α,β-unsaturated/α-hetero) is 1. The number of likely N-dealkylation sites (tertiary alicyclic amines) is 1. The van der Waals surface area contributed by atoms with Crippen molar-refractivity contribution in [3.8, 4) is 0 Å². The van der Waals surface area contributed by atoms with Crippen LogP contribution in [0.3, 0.4) is 0 Å². The van der Waals surface area contributed by atoms with Gasteiger partial charge in [-0.05, 0) is 39.0 Å². The first kappa shape index (κ1) is 12.6. The number of nitrogens with zero attached hydrogens (tertiary/aromatic N) is 1. The third-order valence-electron chi connectivity index (χ3n) is 4.14. The van der Waals surface area contributed by atoms with Crippen molar-refractivity contribution in [2.45, 2.75) is 64.3 Å². The van der Waals surface area contributed by atoms with Crippen LogP contribution in [0, 0.1) is 5.92 Å². The average molecular weight is 237 g/mol. The topological polar surface area (TPSA) is 37.4 Å². The van der Waals surface area contributed by atoms with Gasteiger partial charge >= 0.3 is 0 Å². The van der Waals surface area contributed by atoms with Crippen molar-refractivity contribution in [2.24, 2.45) is 5.92 Å². The highest BCUT2D eigenvalue weighted by molar-refractivity contribution is 5.81. The second-order valence-electron chi connectivity index (χ2n) is 5.57. The van der Waals surface area contributed by atoms with E-state index in [0.717, 1.165) is 38.6 Å². The molecule has 0 aromatic carbocycles. The Labute approximate surface area is 104 Å². The molecular formula is C14H23NO2. The molecule has 0 aromatic rings. The number of ketones is 1. The fourth-order valence-corrected chi connectivity index (χ4v) is 3.24. The summed E-state index contributed by atoms with van der Waals surface area (Å²) in [5, 5.41) is 0. The largest absolute Gasteiger partial charge is 0.339 e. The maximum Gasteiger partial charge on any atom is 0.225 e. The van der Waals surface area contributed by atoms with Gasteiger partial charge in [0.1, 0.15) is 5.78 Å². The average Bonchev–Trinajstić information content (AvgIpc) is 2.81. The van der Waals surface area contributed by atoms with Crippen molar-refractivity contribution < 1.29 is 9.59 Å². The lowest BCUT2D eigenvalue weighted by molar-refractivity contribution is -0.139. The summed E-state index contributed by atoms with van der Waals surface area (Å²) >= 11 is 0. The third kappa shape index (κ3) is 3.08. The lowest BCUT2D eigenvalue weighted by Crippen LogP contribution is -2.46. The van der Waals surface area contributed by atoms with Crippen LogP contribution in [0.5, 0.6) is 0 Å². The van der Waals surface area contributed by atoms with Crippen LogP contribution in [-0.2, 0) is 9.59 Å². The highest BCUT2D eigenvalue weighted by atomic mass is 16.2. The predicted octanol–water partition coefficient (Wildman–Crippen LogP) is 2.54. The lowest BCUT2D eigenvalue weighted by Gasteiger charge is -2.37. The van der Waals surface area contributed by atoms with Gasteiger partial charge in [-0.25, -0.2) is 0 Å². The van der Waals surface area contributed by atoms with Crippen molar-refractivity contribution in [3.63, 3.8) is 0 Å². The molecule has 3 heteroatoms. The number of amides is 1. The molecule has 2 aliphatic rings. The van der Waals surface area contributed by atoms with Crippen LogP contribution in [0.4, 0.5) is 0 Å². The molecule has 96 valence electrons. The maximum atomic E-state index is 12.4. The van der Waals surface area contributed by atoms with Crippen LogP contribution in [0.15, 0.2) is 0 Å². The van der Waals surface area contributed by atoms with Crippen LogP contribution in [0.1, 0.15) is 58.3 Å². The summed E-state index contributed by atoms with van der Waals surface area (Å²) in [4.78, 5) is 25.7. The molecular weight excluding hydrogens is 214 g/mol. The van der Waals surface area contributed by atoms with E-state index in [2.05, 4.69) is 0 Å². The molecule has 0 bridgehead atoms. The van der Waals surface area contributed by atoms with Gasteiger partial charge in [0.15, 0.2) is 0 Å². The lowest BCUT2D eigenvalue weighted by atomic mass is 9.95. The number of hydrogen-bond donors (Lipinski definition) is 0. The van der Waals surface area contributed by atoms with E-state index in [1.807, 2.05) is 4.90 Å². The van der Waals surface area contributed by atoms with Crippen molar-refractivity contribution in [1.29, 1.82) is 0 Å². The minimum Gasteiger partial charge on any atom is -0.339 e. The highest BCUT2D eigenvalue weighted by Gasteiger charge is 2.33. The smallest absolute Gasteiger partial charge is 0.225 e. The van der Waals surface area contributed by atoms with Crippen molar-refractivity contribution in [3.05, 3.63) is 0 Å². The number of rotatable bonds is 3. The molecule has 0 radical (unpaired) electrons. The molecule has 0 spiro atoms. The second kappa shape index (κ2) is 5.65. The van der Waals surface area contributed by atoms with E-state index in [9.17, 15) is 9.59 Å². The fraction of sp³-hybridized carbons (Fsp3) is 0.857. The third-order valence-corrected chi connectivity index (χ3v) is 4.14. The molecule has 1 atom stereocenters. The van der Waals surface area contributed by atoms with Crippen LogP contribution in [0.25, 0.3) is 0 Å². The minimum atomic E-state index is 0.189. The van der Waals surface area contributed by atoms with Gasteiger partial charge in [0.2, 0.25) is 5.91 Å². The van der Waals surface area contributed by atoms with E-state index in [-0.39, 0.29) is 17.7 Å². The molecule has 2 rings (SSSR count). The summed E-state index contributed by atoms with van der Waals surface area (Å²) in [6.07, 6.45) is 8.34. The second-order valence-corrected chi connectivity index (χ2v) is 5.57. The molecule has 1 saturated heterocycles. The Balaban J connectivity index is 1.99. The fourth-order valence-electron chi connectivity index (χ4n) is 3.24. The van der Waals surface area contributed by atoms with Gasteiger partial charge in [-0.3, -0.25) is 9.59 Å². The SMILES string of the molecule is CC(=O)CC1CCCCN1C(=O)C1CCCC1. The molecule has 1 saturated carbocycles. The summed E-state index contributed by atoms with van der Waals surface area (Å²) < 4.78 is 0. The Hall–Kier alpha value is -0.860. The number of hydrogen-bond acceptors (Lipinski definition) is 2. The van der Waals surface area contributed by atoms with Gasteiger partial charge in [0, 0.05) is 24.9 Å². The van der Waals surface area contributed by atoms with Crippen molar-refractivity contribution in [2.75, 3.05) is 6.54 Å². The molecule has 0 aromatic heterocycles. The predicted molar refractivity (Wildman–Crippen MR) is 66.6 cm³/mol. The molecule has 1 unspecified atom stereocenters. The van der Waals surface area contributed by atoms with Crippen molar-refractivity contribution >= 4 is 11.7 Å². The first-order valence-electron chi connectivity index (χ1n) is 6.98. The quantitative estimate of drug-likeness (QED) is 0.756. The monoisotopic (exact) mass is 237 g/mol. The van der Waals surface area contributed by atoms with Gasteiger partial charge < -0.3 is 4.90 Å².